The van der Waals surface area contributed by atoms with Gasteiger partial charge >= 0.3 is 0 Å². The summed E-state index contributed by atoms with van der Waals surface area (Å²) in [6.07, 6.45) is -3.14. The molecule has 7 nitrogen and oxygen atoms in total. The van der Waals surface area contributed by atoms with Gasteiger partial charge in [0.15, 0.2) is 0 Å². The minimum Gasteiger partial charge on any atom is -0.497 e. The van der Waals surface area contributed by atoms with Gasteiger partial charge in [-0.2, -0.15) is 0 Å². The third-order valence-electron chi connectivity index (χ3n) is 8.84. The second-order valence-electron chi connectivity index (χ2n) is 12.8. The van der Waals surface area contributed by atoms with E-state index in [0.29, 0.717) is 25.6 Å². The van der Waals surface area contributed by atoms with Crippen LogP contribution in [-0.4, -0.2) is 52.7 Å². The van der Waals surface area contributed by atoms with Crippen LogP contribution < -0.4 is 14.7 Å². The van der Waals surface area contributed by atoms with Crippen LogP contribution in [0.1, 0.15) is 16.7 Å². The summed E-state index contributed by atoms with van der Waals surface area (Å²) in [6, 6.07) is 48.2. The van der Waals surface area contributed by atoms with Crippen molar-refractivity contribution in [2.75, 3.05) is 13.7 Å². The fraction of sp³-hybridized carbons (Fsp3) is 0.286. The highest BCUT2D eigenvalue weighted by atomic mass is 28.4. The van der Waals surface area contributed by atoms with Crippen LogP contribution in [0.25, 0.3) is 0 Å². The first-order valence-corrected chi connectivity index (χ1v) is 20.0. The molecule has 0 aromatic heterocycles. The molecule has 0 bridgehead atoms. The second-order valence-corrected chi connectivity index (χ2v) is 16.7. The van der Waals surface area contributed by atoms with E-state index in [-0.39, 0.29) is 6.61 Å². The van der Waals surface area contributed by atoms with Crippen LogP contribution in [0, 0.1) is 0 Å². The lowest BCUT2D eigenvalue weighted by Gasteiger charge is -2.46. The molecule has 0 amide bonds. The van der Waals surface area contributed by atoms with Crippen molar-refractivity contribution in [3.63, 3.8) is 0 Å². The first-order valence-electron chi connectivity index (χ1n) is 17.1. The van der Waals surface area contributed by atoms with Crippen molar-refractivity contribution < 1.29 is 32.8 Å². The summed E-state index contributed by atoms with van der Waals surface area (Å²) in [5.74, 6) is 1.35. The zero-order chi connectivity index (χ0) is 34.6. The summed E-state index contributed by atoms with van der Waals surface area (Å²) in [5, 5.41) is 1.20. The zero-order valence-corrected chi connectivity index (χ0v) is 29.9. The Bertz CT molecular complexity index is 1690. The molecule has 50 heavy (non-hydrogen) atoms. The Morgan fingerprint density at radius 1 is 0.520 bits per heavy atom. The third kappa shape index (κ3) is 9.69. The molecule has 1 aliphatic rings. The minimum absolute atomic E-state index is 0.284. The lowest BCUT2D eigenvalue weighted by atomic mass is 9.97. The summed E-state index contributed by atoms with van der Waals surface area (Å²) in [6.45, 7) is 5.74. The van der Waals surface area contributed by atoms with E-state index in [1.807, 2.05) is 97.1 Å². The Morgan fingerprint density at radius 3 is 1.46 bits per heavy atom. The number of hydrogen-bond acceptors (Lipinski definition) is 7. The highest BCUT2D eigenvalue weighted by Crippen LogP contribution is 2.33. The predicted molar refractivity (Wildman–Crippen MR) is 197 cm³/mol. The molecule has 260 valence electrons. The molecule has 0 spiro atoms. The number of methoxy groups -OCH3 is 1. The summed E-state index contributed by atoms with van der Waals surface area (Å²) in [4.78, 5) is 0. The molecule has 5 aromatic rings. The Labute approximate surface area is 296 Å². The van der Waals surface area contributed by atoms with Gasteiger partial charge in [0.05, 0.1) is 33.5 Å². The molecule has 1 heterocycles. The highest BCUT2D eigenvalue weighted by molar-refractivity contribution is 6.84. The van der Waals surface area contributed by atoms with Gasteiger partial charge in [-0.3, -0.25) is 0 Å². The molecule has 0 aliphatic carbocycles. The maximum Gasteiger partial charge on any atom is 0.229 e. The second kappa shape index (κ2) is 17.6. The lowest BCUT2D eigenvalue weighted by Crippen LogP contribution is -2.63. The first-order chi connectivity index (χ1) is 24.5. The SMILES string of the molecule is COc1ccc(O[C@H]2O[C@H](CO[Si](C)(C)c3ccccc3)[C@@H](OCc3ccccc3)[C@H](OCc3ccccc3)[C@@H]2OCc2ccccc2)cc1. The summed E-state index contributed by atoms with van der Waals surface area (Å²) in [7, 11) is -0.677. The van der Waals surface area contributed by atoms with E-state index in [1.54, 1.807) is 7.11 Å². The van der Waals surface area contributed by atoms with Crippen molar-refractivity contribution in [2.24, 2.45) is 0 Å². The molecule has 8 heteroatoms. The van der Waals surface area contributed by atoms with Gasteiger partial charge in [0.1, 0.15) is 35.9 Å². The molecule has 6 rings (SSSR count). The largest absolute Gasteiger partial charge is 0.497 e. The summed E-state index contributed by atoms with van der Waals surface area (Å²) in [5.41, 5.74) is 3.12. The molecule has 1 saturated heterocycles. The van der Waals surface area contributed by atoms with E-state index in [2.05, 4.69) is 61.6 Å². The van der Waals surface area contributed by atoms with Crippen LogP contribution in [-0.2, 0) is 43.2 Å². The highest BCUT2D eigenvalue weighted by Gasteiger charge is 2.50. The van der Waals surface area contributed by atoms with Crippen molar-refractivity contribution in [2.45, 2.75) is 63.6 Å². The lowest BCUT2D eigenvalue weighted by molar-refractivity contribution is -0.307. The Hall–Kier alpha value is -4.28. The van der Waals surface area contributed by atoms with Gasteiger partial charge in [-0.1, -0.05) is 121 Å². The quantitative estimate of drug-likeness (QED) is 0.0985. The van der Waals surface area contributed by atoms with E-state index in [4.69, 9.17) is 32.8 Å². The molecule has 5 atom stereocenters. The van der Waals surface area contributed by atoms with E-state index in [0.717, 1.165) is 22.4 Å². The van der Waals surface area contributed by atoms with Crippen molar-refractivity contribution in [1.82, 2.24) is 0 Å². The standard InChI is InChI=1S/C42H46O7Si/c1-43-35-24-26-36(27-25-35)48-42-41(46-30-34-20-12-6-13-21-34)40(45-29-33-18-10-5-11-19-33)39(44-28-32-16-8-4-9-17-32)38(49-42)31-47-50(2,3)37-22-14-7-15-23-37/h4-27,38-42H,28-31H2,1-3H3/t38-,39-,40+,41+,42+/m1/s1. The van der Waals surface area contributed by atoms with E-state index < -0.39 is 39.0 Å². The maximum absolute atomic E-state index is 6.88. The Morgan fingerprint density at radius 2 is 0.960 bits per heavy atom. The van der Waals surface area contributed by atoms with Gasteiger partial charge in [0.25, 0.3) is 0 Å². The zero-order valence-electron chi connectivity index (χ0n) is 28.9. The van der Waals surface area contributed by atoms with Crippen LogP contribution in [0.5, 0.6) is 11.5 Å². The summed E-state index contributed by atoms with van der Waals surface area (Å²) < 4.78 is 46.1. The molecule has 0 unspecified atom stereocenters. The normalized spacial score (nSPS) is 20.7. The van der Waals surface area contributed by atoms with Crippen molar-refractivity contribution in [1.29, 1.82) is 0 Å². The molecule has 5 aromatic carbocycles. The van der Waals surface area contributed by atoms with E-state index in [1.165, 1.54) is 5.19 Å². The minimum atomic E-state index is -2.32. The molecule has 0 radical (unpaired) electrons. The van der Waals surface area contributed by atoms with Crippen molar-refractivity contribution in [3.8, 4) is 11.5 Å². The average molecular weight is 691 g/mol. The molecule has 0 saturated carbocycles. The van der Waals surface area contributed by atoms with Crippen LogP contribution in [0.4, 0.5) is 0 Å². The van der Waals surface area contributed by atoms with Crippen molar-refractivity contribution in [3.05, 3.63) is 162 Å². The van der Waals surface area contributed by atoms with Gasteiger partial charge in [-0.05, 0) is 59.2 Å². The number of ether oxygens (including phenoxy) is 6. The molecular weight excluding hydrogens is 645 g/mol. The number of rotatable bonds is 16. The number of hydrogen-bond donors (Lipinski definition) is 0. The van der Waals surface area contributed by atoms with Crippen LogP contribution in [0.3, 0.4) is 0 Å². The fourth-order valence-electron chi connectivity index (χ4n) is 5.98. The topological polar surface area (TPSA) is 64.6 Å². The Balaban J connectivity index is 1.35. The van der Waals surface area contributed by atoms with E-state index in [9.17, 15) is 0 Å². The van der Waals surface area contributed by atoms with Crippen LogP contribution in [0.15, 0.2) is 146 Å². The van der Waals surface area contributed by atoms with E-state index >= 15 is 0 Å². The third-order valence-corrected chi connectivity index (χ3v) is 11.4. The molecule has 0 N–H and O–H groups in total. The maximum atomic E-state index is 6.88. The molecular formula is C42H46O7Si. The predicted octanol–water partition coefficient (Wildman–Crippen LogP) is 7.68. The van der Waals surface area contributed by atoms with Gasteiger partial charge in [0, 0.05) is 0 Å². The smallest absolute Gasteiger partial charge is 0.229 e. The Kier molecular flexibility index (Phi) is 12.5. The number of benzene rings is 5. The van der Waals surface area contributed by atoms with Crippen LogP contribution in [0.2, 0.25) is 13.1 Å². The molecule has 1 aliphatic heterocycles. The monoisotopic (exact) mass is 690 g/mol. The molecule has 1 fully saturated rings. The van der Waals surface area contributed by atoms with Gasteiger partial charge in [-0.25, -0.2) is 0 Å². The van der Waals surface area contributed by atoms with Crippen LogP contribution >= 0.6 is 0 Å². The summed E-state index contributed by atoms with van der Waals surface area (Å²) >= 11 is 0. The van der Waals surface area contributed by atoms with Crippen molar-refractivity contribution >= 4 is 13.5 Å². The van der Waals surface area contributed by atoms with Gasteiger partial charge < -0.3 is 32.8 Å². The average Bonchev–Trinajstić information content (AvgIpc) is 3.17. The fourth-order valence-corrected chi connectivity index (χ4v) is 7.72. The van der Waals surface area contributed by atoms with Gasteiger partial charge in [0.2, 0.25) is 14.6 Å². The first kappa shape index (κ1) is 35.5. The van der Waals surface area contributed by atoms with Gasteiger partial charge in [-0.15, -0.1) is 0 Å².